The molecule has 0 aliphatic heterocycles. The van der Waals surface area contributed by atoms with Crippen molar-refractivity contribution in [2.45, 2.75) is 19.8 Å². The van der Waals surface area contributed by atoms with Crippen molar-refractivity contribution >= 4 is 60.1 Å². The molecule has 9 aromatic rings. The average Bonchev–Trinajstić information content (AvgIpc) is 3.56. The van der Waals surface area contributed by atoms with Gasteiger partial charge in [-0.2, -0.15) is 0 Å². The zero-order valence-corrected chi connectivity index (χ0v) is 27.7. The summed E-state index contributed by atoms with van der Waals surface area (Å²) in [7, 11) is 0. The Hall–Kier alpha value is -6.32. The molecule has 0 saturated heterocycles. The van der Waals surface area contributed by atoms with E-state index in [-0.39, 0.29) is 0 Å². The van der Waals surface area contributed by atoms with Crippen LogP contribution >= 0.6 is 0 Å². The molecule has 0 N–H and O–H groups in total. The van der Waals surface area contributed by atoms with Gasteiger partial charge < -0.3 is 4.42 Å². The number of allylic oxidation sites excluding steroid dienone is 4. The summed E-state index contributed by atoms with van der Waals surface area (Å²) in [6, 6.07) is 47.5. The number of hydrogen-bond donors (Lipinski definition) is 0. The Labute approximate surface area is 289 Å². The second-order valence-electron chi connectivity index (χ2n) is 13.2. The van der Waals surface area contributed by atoms with Gasteiger partial charge in [-0.3, -0.25) is 0 Å². The van der Waals surface area contributed by atoms with Crippen LogP contribution in [-0.2, 0) is 0 Å². The predicted molar refractivity (Wildman–Crippen MR) is 209 cm³/mol. The molecular weight excluding hydrogens is 609 g/mol. The minimum absolute atomic E-state index is 0.905. The van der Waals surface area contributed by atoms with Crippen molar-refractivity contribution in [3.8, 4) is 33.5 Å². The van der Waals surface area contributed by atoms with E-state index in [2.05, 4.69) is 134 Å². The molecule has 3 heteroatoms. The molecule has 7 aromatic carbocycles. The Morgan fingerprint density at radius 2 is 1.14 bits per heavy atom. The third-order valence-corrected chi connectivity index (χ3v) is 10.2. The molecule has 1 aliphatic carbocycles. The minimum Gasteiger partial charge on any atom is -0.455 e. The quantitative estimate of drug-likeness (QED) is 0.180. The highest BCUT2D eigenvalue weighted by atomic mass is 16.3. The summed E-state index contributed by atoms with van der Waals surface area (Å²) >= 11 is 0. The summed E-state index contributed by atoms with van der Waals surface area (Å²) in [6.45, 7) is 2.20. The van der Waals surface area contributed by atoms with Crippen molar-refractivity contribution in [3.05, 3.63) is 163 Å². The van der Waals surface area contributed by atoms with Gasteiger partial charge in [0.25, 0.3) is 0 Å². The van der Waals surface area contributed by atoms with Gasteiger partial charge in [-0.25, -0.2) is 9.97 Å². The van der Waals surface area contributed by atoms with Crippen LogP contribution in [0.25, 0.3) is 93.6 Å². The molecule has 2 heterocycles. The van der Waals surface area contributed by atoms with E-state index < -0.39 is 0 Å². The van der Waals surface area contributed by atoms with Gasteiger partial charge >= 0.3 is 0 Å². The number of hydrogen-bond acceptors (Lipinski definition) is 3. The summed E-state index contributed by atoms with van der Waals surface area (Å²) in [4.78, 5) is 10.4. The molecule has 50 heavy (non-hydrogen) atoms. The normalized spacial score (nSPS) is 13.2. The Balaban J connectivity index is 1.20. The molecule has 0 radical (unpaired) electrons. The van der Waals surface area contributed by atoms with E-state index in [1.165, 1.54) is 38.2 Å². The topological polar surface area (TPSA) is 38.9 Å². The molecule has 0 atom stereocenters. The summed E-state index contributed by atoms with van der Waals surface area (Å²) in [5.41, 5.74) is 13.6. The van der Waals surface area contributed by atoms with Crippen molar-refractivity contribution in [2.24, 2.45) is 0 Å². The molecule has 0 amide bonds. The number of aryl methyl sites for hydroxylation is 1. The van der Waals surface area contributed by atoms with E-state index in [1.807, 2.05) is 24.3 Å². The number of furan rings is 1. The van der Waals surface area contributed by atoms with Crippen molar-refractivity contribution < 1.29 is 4.42 Å². The second-order valence-corrected chi connectivity index (χ2v) is 13.2. The molecule has 10 rings (SSSR count). The van der Waals surface area contributed by atoms with Crippen LogP contribution < -0.4 is 0 Å². The minimum atomic E-state index is 0.905. The summed E-state index contributed by atoms with van der Waals surface area (Å²) in [5, 5.41) is 7.11. The van der Waals surface area contributed by atoms with E-state index in [0.717, 1.165) is 79.5 Å². The lowest BCUT2D eigenvalue weighted by Gasteiger charge is -2.19. The van der Waals surface area contributed by atoms with Gasteiger partial charge in [0.05, 0.1) is 22.4 Å². The fraction of sp³-hybridized carbons (Fsp3) is 0.0638. The number of fused-ring (bicyclic) bond motifs is 6. The maximum atomic E-state index is 6.58. The van der Waals surface area contributed by atoms with Crippen LogP contribution in [0.15, 0.2) is 156 Å². The zero-order chi connectivity index (χ0) is 33.2. The largest absolute Gasteiger partial charge is 0.455 e. The van der Waals surface area contributed by atoms with Crippen LogP contribution in [0.4, 0.5) is 0 Å². The van der Waals surface area contributed by atoms with Crippen LogP contribution in [-0.4, -0.2) is 9.97 Å². The molecule has 2 aromatic heterocycles. The predicted octanol–water partition coefficient (Wildman–Crippen LogP) is 12.9. The highest BCUT2D eigenvalue weighted by Gasteiger charge is 2.22. The van der Waals surface area contributed by atoms with E-state index in [1.54, 1.807) is 0 Å². The maximum absolute atomic E-state index is 6.58. The van der Waals surface area contributed by atoms with Gasteiger partial charge in [-0.05, 0) is 81.8 Å². The van der Waals surface area contributed by atoms with Crippen LogP contribution in [0.3, 0.4) is 0 Å². The van der Waals surface area contributed by atoms with E-state index in [0.29, 0.717) is 0 Å². The second kappa shape index (κ2) is 11.4. The molecular formula is C47H32N2O. The van der Waals surface area contributed by atoms with Crippen molar-refractivity contribution in [2.75, 3.05) is 0 Å². The molecule has 0 saturated carbocycles. The monoisotopic (exact) mass is 640 g/mol. The maximum Gasteiger partial charge on any atom is 0.143 e. The number of aromatic nitrogens is 2. The van der Waals surface area contributed by atoms with Gasteiger partial charge in [-0.1, -0.05) is 133 Å². The molecule has 0 unspecified atom stereocenters. The van der Waals surface area contributed by atoms with Crippen LogP contribution in [0.2, 0.25) is 0 Å². The number of rotatable bonds is 4. The molecule has 0 fully saturated rings. The fourth-order valence-corrected chi connectivity index (χ4v) is 7.94. The van der Waals surface area contributed by atoms with Crippen molar-refractivity contribution in [1.82, 2.24) is 9.97 Å². The molecule has 0 spiro atoms. The van der Waals surface area contributed by atoms with Gasteiger partial charge in [0, 0.05) is 27.5 Å². The number of benzene rings is 7. The van der Waals surface area contributed by atoms with E-state index in [4.69, 9.17) is 14.4 Å². The first-order valence-corrected chi connectivity index (χ1v) is 17.3. The first-order valence-electron chi connectivity index (χ1n) is 17.3. The Kier molecular flexibility index (Phi) is 6.53. The third kappa shape index (κ3) is 4.44. The van der Waals surface area contributed by atoms with Gasteiger partial charge in [0.15, 0.2) is 0 Å². The average molecular weight is 641 g/mol. The van der Waals surface area contributed by atoms with Crippen LogP contribution in [0.1, 0.15) is 24.1 Å². The number of para-hydroxylation sites is 4. The summed E-state index contributed by atoms with van der Waals surface area (Å²) < 4.78 is 6.58. The molecule has 236 valence electrons. The molecule has 1 aliphatic rings. The number of nitrogens with zero attached hydrogens (tertiary/aromatic N) is 2. The lowest BCUT2D eigenvalue weighted by Crippen LogP contribution is -2.00. The van der Waals surface area contributed by atoms with Crippen LogP contribution in [0.5, 0.6) is 0 Å². The first-order chi connectivity index (χ1) is 24.7. The highest BCUT2D eigenvalue weighted by molar-refractivity contribution is 6.24. The Bertz CT molecular complexity index is 2830. The highest BCUT2D eigenvalue weighted by Crippen LogP contribution is 2.47. The lowest BCUT2D eigenvalue weighted by atomic mass is 9.85. The summed E-state index contributed by atoms with van der Waals surface area (Å²) in [5.74, 6) is 0. The molecule has 3 nitrogen and oxygen atoms in total. The van der Waals surface area contributed by atoms with E-state index >= 15 is 0 Å². The van der Waals surface area contributed by atoms with Gasteiger partial charge in [0.2, 0.25) is 0 Å². The fourth-order valence-electron chi connectivity index (χ4n) is 7.94. The van der Waals surface area contributed by atoms with Crippen molar-refractivity contribution in [1.29, 1.82) is 0 Å². The summed E-state index contributed by atoms with van der Waals surface area (Å²) in [6.07, 6.45) is 8.79. The van der Waals surface area contributed by atoms with Gasteiger partial charge in [0.1, 0.15) is 11.2 Å². The Morgan fingerprint density at radius 3 is 1.82 bits per heavy atom. The molecule has 0 bridgehead atoms. The van der Waals surface area contributed by atoms with E-state index in [9.17, 15) is 0 Å². The lowest BCUT2D eigenvalue weighted by molar-refractivity contribution is 0.670. The third-order valence-electron chi connectivity index (χ3n) is 10.2. The van der Waals surface area contributed by atoms with Crippen LogP contribution in [0, 0.1) is 6.92 Å². The smallest absolute Gasteiger partial charge is 0.143 e. The van der Waals surface area contributed by atoms with Crippen molar-refractivity contribution in [3.63, 3.8) is 0 Å². The first kappa shape index (κ1) is 28.7. The Morgan fingerprint density at radius 1 is 0.520 bits per heavy atom. The standard InChI is InChI=1S/C47H32N2O/c1-29-28-31(26-27-32(29)46-45(30-14-3-2-4-15-30)48-40-23-10-11-24-41(40)49-46)43-34-17-5-7-19-36(34)44(37-20-8-6-18-35(37)43)39-22-13-21-38-33-16-9-12-25-42(33)50-47(38)39/h3,5-28H,2,4H2,1H3. The zero-order valence-electron chi connectivity index (χ0n) is 27.7. The van der Waals surface area contributed by atoms with Gasteiger partial charge in [-0.15, -0.1) is 0 Å². The SMILES string of the molecule is Cc1cc(-c2c3ccccc3c(-c3cccc4c3oc3ccccc34)c3ccccc23)ccc1-c1nc2ccccc2nc1C1=CCCC=C1.